The van der Waals surface area contributed by atoms with Crippen LogP contribution < -0.4 is 0 Å². The van der Waals surface area contributed by atoms with E-state index >= 15 is 0 Å². The molecule has 0 radical (unpaired) electrons. The summed E-state index contributed by atoms with van der Waals surface area (Å²) in [4.78, 5) is 24.6. The largest absolute Gasteiger partial charge is 0.452 e. The highest BCUT2D eigenvalue weighted by molar-refractivity contribution is 6.30. The molecule has 1 rings (SSSR count). The van der Waals surface area contributed by atoms with E-state index in [1.165, 1.54) is 7.11 Å². The molecule has 5 heteroatoms. The Hall–Kier alpha value is -2.25. The van der Waals surface area contributed by atoms with Crippen LogP contribution >= 0.6 is 11.6 Å². The molecule has 0 N–H and O–H groups in total. The first-order valence-corrected chi connectivity index (χ1v) is 5.67. The van der Waals surface area contributed by atoms with Gasteiger partial charge in [0.1, 0.15) is 0 Å². The number of ether oxygens (including phenoxy) is 1. The summed E-state index contributed by atoms with van der Waals surface area (Å²) < 4.78 is 4.55. The lowest BCUT2D eigenvalue weighted by Gasteiger charge is -2.19. The number of halogens is 1. The lowest BCUT2D eigenvalue weighted by molar-refractivity contribution is 0.0969. The van der Waals surface area contributed by atoms with E-state index in [9.17, 15) is 9.59 Å². The van der Waals surface area contributed by atoms with Crippen LogP contribution in [0.3, 0.4) is 0 Å². The molecule has 1 aromatic carbocycles. The first-order valence-electron chi connectivity index (χ1n) is 5.29. The van der Waals surface area contributed by atoms with Crippen molar-refractivity contribution in [3.05, 3.63) is 47.1 Å². The third kappa shape index (κ3) is 3.60. The van der Waals surface area contributed by atoms with Crippen molar-refractivity contribution in [3.8, 4) is 12.3 Å². The Morgan fingerprint density at radius 1 is 1.42 bits per heavy atom. The van der Waals surface area contributed by atoms with Crippen LogP contribution in [-0.2, 0) is 4.74 Å². The van der Waals surface area contributed by atoms with Crippen molar-refractivity contribution in [1.82, 2.24) is 4.90 Å². The molecule has 1 aromatic rings. The fraction of sp³-hybridized carbons (Fsp3) is 0.143. The molecule has 0 unspecified atom stereocenters. The minimum Gasteiger partial charge on any atom is -0.452 e. The first kappa shape index (κ1) is 14.8. The number of hydrogen-bond acceptors (Lipinski definition) is 3. The second kappa shape index (κ2) is 6.62. The third-order valence-electron chi connectivity index (χ3n) is 2.34. The monoisotopic (exact) mass is 277 g/mol. The number of amides is 1. The molecule has 0 atom stereocenters. The summed E-state index contributed by atoms with van der Waals surface area (Å²) in [5.74, 6) is 1.85. The fourth-order valence-electron chi connectivity index (χ4n) is 1.36. The average molecular weight is 278 g/mol. The molecule has 98 valence electrons. The lowest BCUT2D eigenvalue weighted by atomic mass is 10.1. The minimum atomic E-state index is -0.731. The minimum absolute atomic E-state index is 0.0490. The smallest absolute Gasteiger partial charge is 0.414 e. The van der Waals surface area contributed by atoms with Crippen molar-refractivity contribution in [2.75, 3.05) is 13.7 Å². The molecule has 0 fully saturated rings. The molecule has 0 heterocycles. The van der Waals surface area contributed by atoms with Gasteiger partial charge in [-0.2, -0.15) is 0 Å². The molecule has 0 saturated heterocycles. The molecule has 1 amide bonds. The topological polar surface area (TPSA) is 46.6 Å². The number of allylic oxidation sites excluding steroid dienone is 1. The number of carbonyl (C=O) groups excluding carboxylic acids is 2. The fourth-order valence-corrected chi connectivity index (χ4v) is 1.49. The Labute approximate surface area is 116 Å². The maximum Gasteiger partial charge on any atom is 0.414 e. The second-order valence-corrected chi connectivity index (χ2v) is 3.98. The zero-order valence-corrected chi connectivity index (χ0v) is 11.1. The van der Waals surface area contributed by atoms with E-state index in [4.69, 9.17) is 18.0 Å². The molecule has 0 aliphatic heterocycles. The van der Waals surface area contributed by atoms with E-state index < -0.39 is 11.9 Å². The maximum atomic E-state index is 12.1. The Kier molecular flexibility index (Phi) is 5.16. The van der Waals surface area contributed by atoms with Crippen LogP contribution in [-0.4, -0.2) is 30.4 Å². The maximum absolute atomic E-state index is 12.1. The van der Waals surface area contributed by atoms with Gasteiger partial charge in [0.25, 0.3) is 0 Å². The highest BCUT2D eigenvalue weighted by Gasteiger charge is 2.22. The van der Waals surface area contributed by atoms with Gasteiger partial charge in [-0.15, -0.1) is 6.42 Å². The van der Waals surface area contributed by atoms with Gasteiger partial charge in [0.2, 0.25) is 5.78 Å². The van der Waals surface area contributed by atoms with Crippen LogP contribution in [0.4, 0.5) is 4.79 Å². The van der Waals surface area contributed by atoms with E-state index in [2.05, 4.69) is 17.2 Å². The Balaban J connectivity index is 2.97. The molecule has 0 spiro atoms. The Morgan fingerprint density at radius 2 is 2.00 bits per heavy atom. The van der Waals surface area contributed by atoms with Crippen molar-refractivity contribution in [1.29, 1.82) is 0 Å². The van der Waals surface area contributed by atoms with Gasteiger partial charge in [-0.3, -0.25) is 9.69 Å². The summed E-state index contributed by atoms with van der Waals surface area (Å²) in [6, 6.07) is 6.24. The number of rotatable bonds is 4. The third-order valence-corrected chi connectivity index (χ3v) is 2.59. The highest BCUT2D eigenvalue weighted by atomic mass is 35.5. The van der Waals surface area contributed by atoms with Gasteiger partial charge in [-0.25, -0.2) is 4.79 Å². The number of methoxy groups -OCH3 is 1. The predicted octanol–water partition coefficient (Wildman–Crippen LogP) is 2.74. The van der Waals surface area contributed by atoms with E-state index in [-0.39, 0.29) is 12.2 Å². The number of terminal acetylenes is 1. The Bertz CT molecular complexity index is 543. The van der Waals surface area contributed by atoms with Gasteiger partial charge in [-0.05, 0) is 24.3 Å². The molecule has 19 heavy (non-hydrogen) atoms. The second-order valence-electron chi connectivity index (χ2n) is 3.54. The molecule has 4 nitrogen and oxygen atoms in total. The predicted molar refractivity (Wildman–Crippen MR) is 72.9 cm³/mol. The number of nitrogens with zero attached hydrogens (tertiary/aromatic N) is 1. The molecule has 0 bridgehead atoms. The van der Waals surface area contributed by atoms with Gasteiger partial charge < -0.3 is 4.74 Å². The molecule has 0 aliphatic carbocycles. The summed E-state index contributed by atoms with van der Waals surface area (Å²) in [5, 5.41) is 0.510. The van der Waals surface area contributed by atoms with Crippen molar-refractivity contribution in [2.24, 2.45) is 0 Å². The van der Waals surface area contributed by atoms with Crippen LogP contribution in [0.5, 0.6) is 0 Å². The molecule has 0 aliphatic rings. The average Bonchev–Trinajstić information content (AvgIpc) is 2.43. The summed E-state index contributed by atoms with van der Waals surface area (Å²) in [6.45, 7) is 3.50. The van der Waals surface area contributed by atoms with Crippen molar-refractivity contribution in [3.63, 3.8) is 0 Å². The number of carbonyl (C=O) groups is 2. The van der Waals surface area contributed by atoms with E-state index in [1.807, 2.05) is 0 Å². The zero-order valence-electron chi connectivity index (χ0n) is 10.4. The quantitative estimate of drug-likeness (QED) is 0.483. The van der Waals surface area contributed by atoms with E-state index in [0.717, 1.165) is 4.90 Å². The van der Waals surface area contributed by atoms with Crippen LogP contribution in [0.1, 0.15) is 10.4 Å². The van der Waals surface area contributed by atoms with Gasteiger partial charge in [0.05, 0.1) is 19.4 Å². The first-order chi connectivity index (χ1) is 9.01. The van der Waals surface area contributed by atoms with Crippen molar-refractivity contribution in [2.45, 2.75) is 0 Å². The summed E-state index contributed by atoms with van der Waals surface area (Å²) >= 11 is 5.74. The number of benzene rings is 1. The SMILES string of the molecule is C#CCN(C(=C)C(=O)c1ccc(Cl)cc1)C(=O)OC. The van der Waals surface area contributed by atoms with Gasteiger partial charge >= 0.3 is 6.09 Å². The number of Topliss-reactive ketones (excluding diaryl/α,β-unsaturated/α-hetero) is 1. The van der Waals surface area contributed by atoms with E-state index in [1.54, 1.807) is 24.3 Å². The summed E-state index contributed by atoms with van der Waals surface area (Å²) in [5.41, 5.74) is 0.312. The normalized spacial score (nSPS) is 9.32. The van der Waals surface area contributed by atoms with Crippen LogP contribution in [0, 0.1) is 12.3 Å². The van der Waals surface area contributed by atoms with Crippen molar-refractivity contribution >= 4 is 23.5 Å². The molecular weight excluding hydrogens is 266 g/mol. The number of ketones is 1. The van der Waals surface area contributed by atoms with Gasteiger partial charge in [-0.1, -0.05) is 24.1 Å². The number of hydrogen-bond donors (Lipinski definition) is 0. The summed E-state index contributed by atoms with van der Waals surface area (Å²) in [6.07, 6.45) is 4.42. The zero-order chi connectivity index (χ0) is 14.4. The van der Waals surface area contributed by atoms with E-state index in [0.29, 0.717) is 10.6 Å². The standard InChI is InChI=1S/C14H12ClNO3/c1-4-9-16(14(18)19-3)10(2)13(17)11-5-7-12(15)8-6-11/h1,5-8H,2,9H2,3H3. The van der Waals surface area contributed by atoms with Gasteiger partial charge in [0, 0.05) is 10.6 Å². The van der Waals surface area contributed by atoms with Crippen LogP contribution in [0.15, 0.2) is 36.5 Å². The highest BCUT2D eigenvalue weighted by Crippen LogP contribution is 2.15. The van der Waals surface area contributed by atoms with Crippen molar-refractivity contribution < 1.29 is 14.3 Å². The summed E-state index contributed by atoms with van der Waals surface area (Å²) in [7, 11) is 1.20. The Morgan fingerprint density at radius 3 is 2.47 bits per heavy atom. The van der Waals surface area contributed by atoms with Crippen LogP contribution in [0.2, 0.25) is 5.02 Å². The van der Waals surface area contributed by atoms with Crippen LogP contribution in [0.25, 0.3) is 0 Å². The molecule has 0 aromatic heterocycles. The molecule has 0 saturated carbocycles. The van der Waals surface area contributed by atoms with Gasteiger partial charge in [0.15, 0.2) is 0 Å². The molecular formula is C14H12ClNO3. The lowest BCUT2D eigenvalue weighted by Crippen LogP contribution is -2.33.